The fraction of sp³-hybridized carbons (Fsp3) is 0.571. The number of pyridine rings is 1. The van der Waals surface area contributed by atoms with Crippen LogP contribution in [0.15, 0.2) is 23.1 Å². The fourth-order valence-corrected chi connectivity index (χ4v) is 2.64. The molecule has 2 rings (SSSR count). The molecule has 0 aromatic carbocycles. The molecule has 1 aromatic rings. The molecule has 8 nitrogen and oxygen atoms in total. The van der Waals surface area contributed by atoms with Crippen molar-refractivity contribution in [2.45, 2.75) is 32.4 Å². The molecule has 22 heavy (non-hydrogen) atoms. The highest BCUT2D eigenvalue weighted by molar-refractivity contribution is 5.76. The van der Waals surface area contributed by atoms with Gasteiger partial charge in [0, 0.05) is 31.3 Å². The minimum Gasteiger partial charge on any atom is -0.337 e. The zero-order chi connectivity index (χ0) is 16.1. The summed E-state index contributed by atoms with van der Waals surface area (Å²) in [5, 5.41) is 14.0. The third-order valence-electron chi connectivity index (χ3n) is 3.74. The number of hydrogen-bond donors (Lipinski definition) is 1. The van der Waals surface area contributed by atoms with E-state index in [0.29, 0.717) is 6.54 Å². The van der Waals surface area contributed by atoms with Gasteiger partial charge in [0.25, 0.3) is 11.2 Å². The molecule has 1 aliphatic rings. The largest absolute Gasteiger partial charge is 0.337 e. The van der Waals surface area contributed by atoms with Gasteiger partial charge in [0.15, 0.2) is 0 Å². The Hall–Kier alpha value is -2.22. The van der Waals surface area contributed by atoms with Gasteiger partial charge in [-0.1, -0.05) is 6.92 Å². The maximum atomic E-state index is 12.5. The van der Waals surface area contributed by atoms with Crippen LogP contribution >= 0.6 is 0 Å². The van der Waals surface area contributed by atoms with Crippen molar-refractivity contribution >= 4 is 11.6 Å². The van der Waals surface area contributed by atoms with E-state index in [1.165, 1.54) is 0 Å². The quantitative estimate of drug-likeness (QED) is 0.604. The van der Waals surface area contributed by atoms with Gasteiger partial charge in [-0.05, 0) is 19.4 Å². The van der Waals surface area contributed by atoms with Crippen LogP contribution in [-0.2, 0) is 11.3 Å². The highest BCUT2D eigenvalue weighted by Crippen LogP contribution is 2.11. The lowest BCUT2D eigenvalue weighted by Gasteiger charge is -2.28. The number of rotatable bonds is 6. The molecule has 1 amide bonds. The van der Waals surface area contributed by atoms with Crippen LogP contribution in [0.2, 0.25) is 0 Å². The minimum atomic E-state index is -0.578. The second kappa shape index (κ2) is 7.17. The summed E-state index contributed by atoms with van der Waals surface area (Å²) >= 11 is 0. The summed E-state index contributed by atoms with van der Waals surface area (Å²) in [7, 11) is 0. The van der Waals surface area contributed by atoms with E-state index in [-0.39, 0.29) is 24.2 Å². The van der Waals surface area contributed by atoms with Crippen LogP contribution in [0.1, 0.15) is 19.8 Å². The molecule has 1 atom stereocenters. The number of carbonyl (C=O) groups excluding carboxylic acids is 1. The SMILES string of the molecule is CCCN(C(=O)Cn1cc([N+](=O)[O-])ccc1=O)C1CCNC1. The van der Waals surface area contributed by atoms with Crippen LogP contribution in [0.25, 0.3) is 0 Å². The molecule has 1 N–H and O–H groups in total. The van der Waals surface area contributed by atoms with Gasteiger partial charge in [-0.25, -0.2) is 0 Å². The molecule has 1 unspecified atom stereocenters. The molecular weight excluding hydrogens is 288 g/mol. The van der Waals surface area contributed by atoms with Crippen molar-refractivity contribution in [3.8, 4) is 0 Å². The van der Waals surface area contributed by atoms with Crippen LogP contribution in [0.5, 0.6) is 0 Å². The third kappa shape index (κ3) is 3.70. The van der Waals surface area contributed by atoms with Gasteiger partial charge >= 0.3 is 0 Å². The highest BCUT2D eigenvalue weighted by Gasteiger charge is 2.26. The van der Waals surface area contributed by atoms with Gasteiger partial charge in [0.2, 0.25) is 5.91 Å². The Bertz CT molecular complexity index is 607. The van der Waals surface area contributed by atoms with E-state index >= 15 is 0 Å². The van der Waals surface area contributed by atoms with E-state index in [1.54, 1.807) is 4.90 Å². The molecule has 8 heteroatoms. The second-order valence-corrected chi connectivity index (χ2v) is 5.34. The average Bonchev–Trinajstić information content (AvgIpc) is 3.00. The summed E-state index contributed by atoms with van der Waals surface area (Å²) in [6.45, 7) is 4.05. The number of amides is 1. The molecule has 0 aliphatic carbocycles. The Kier molecular flexibility index (Phi) is 5.26. The Morgan fingerprint density at radius 3 is 2.91 bits per heavy atom. The summed E-state index contributed by atoms with van der Waals surface area (Å²) in [6, 6.07) is 2.39. The van der Waals surface area contributed by atoms with E-state index in [0.717, 1.165) is 48.8 Å². The van der Waals surface area contributed by atoms with E-state index in [1.807, 2.05) is 6.92 Å². The van der Waals surface area contributed by atoms with Crippen LogP contribution in [0.3, 0.4) is 0 Å². The molecule has 0 radical (unpaired) electrons. The van der Waals surface area contributed by atoms with Gasteiger partial charge in [-0.3, -0.25) is 24.3 Å². The van der Waals surface area contributed by atoms with Crippen LogP contribution in [0.4, 0.5) is 5.69 Å². The molecule has 1 fully saturated rings. The maximum absolute atomic E-state index is 12.5. The number of hydrogen-bond acceptors (Lipinski definition) is 5. The third-order valence-corrected chi connectivity index (χ3v) is 3.74. The fourth-order valence-electron chi connectivity index (χ4n) is 2.64. The van der Waals surface area contributed by atoms with E-state index in [4.69, 9.17) is 0 Å². The minimum absolute atomic E-state index is 0.127. The number of nitro groups is 1. The van der Waals surface area contributed by atoms with E-state index < -0.39 is 10.5 Å². The summed E-state index contributed by atoms with van der Waals surface area (Å²) in [5.74, 6) is -0.182. The van der Waals surface area contributed by atoms with Gasteiger partial charge in [-0.15, -0.1) is 0 Å². The van der Waals surface area contributed by atoms with Crippen molar-refractivity contribution in [1.29, 1.82) is 0 Å². The normalized spacial score (nSPS) is 17.4. The van der Waals surface area contributed by atoms with Gasteiger partial charge in [-0.2, -0.15) is 0 Å². The topological polar surface area (TPSA) is 97.5 Å². The zero-order valence-corrected chi connectivity index (χ0v) is 12.5. The molecule has 1 aromatic heterocycles. The van der Waals surface area contributed by atoms with Crippen molar-refractivity contribution < 1.29 is 9.72 Å². The lowest BCUT2D eigenvalue weighted by molar-refractivity contribution is -0.385. The van der Waals surface area contributed by atoms with Crippen molar-refractivity contribution in [2.75, 3.05) is 19.6 Å². The summed E-state index contributed by atoms with van der Waals surface area (Å²) < 4.78 is 1.10. The van der Waals surface area contributed by atoms with Crippen LogP contribution < -0.4 is 10.9 Å². The van der Waals surface area contributed by atoms with Crippen molar-refractivity contribution in [2.24, 2.45) is 0 Å². The first kappa shape index (κ1) is 16.2. The number of nitrogens with one attached hydrogen (secondary N) is 1. The molecule has 1 aliphatic heterocycles. The van der Waals surface area contributed by atoms with Gasteiger partial charge < -0.3 is 10.2 Å². The predicted octanol–water partition coefficient (Wildman–Crippen LogP) is 0.357. The van der Waals surface area contributed by atoms with Crippen LogP contribution in [-0.4, -0.2) is 46.0 Å². The Balaban J connectivity index is 2.16. The number of nitrogens with zero attached hydrogens (tertiary/aromatic N) is 3. The molecule has 120 valence electrons. The van der Waals surface area contributed by atoms with Crippen LogP contribution in [0, 0.1) is 10.1 Å². The Labute approximate surface area is 127 Å². The zero-order valence-electron chi connectivity index (χ0n) is 12.5. The van der Waals surface area contributed by atoms with Gasteiger partial charge in [0.05, 0.1) is 11.1 Å². The predicted molar refractivity (Wildman–Crippen MR) is 80.6 cm³/mol. The molecule has 0 spiro atoms. The molecular formula is C14H20N4O4. The lowest BCUT2D eigenvalue weighted by atomic mass is 10.2. The van der Waals surface area contributed by atoms with E-state index in [2.05, 4.69) is 5.32 Å². The Morgan fingerprint density at radius 2 is 2.32 bits per heavy atom. The number of carbonyl (C=O) groups is 1. The van der Waals surface area contributed by atoms with Crippen molar-refractivity contribution in [3.63, 3.8) is 0 Å². The van der Waals surface area contributed by atoms with E-state index in [9.17, 15) is 19.7 Å². The Morgan fingerprint density at radius 1 is 1.55 bits per heavy atom. The second-order valence-electron chi connectivity index (χ2n) is 5.34. The monoisotopic (exact) mass is 308 g/mol. The van der Waals surface area contributed by atoms with Crippen molar-refractivity contribution in [3.05, 3.63) is 38.8 Å². The molecule has 0 saturated carbocycles. The number of aromatic nitrogens is 1. The summed E-state index contributed by atoms with van der Waals surface area (Å²) in [6.07, 6.45) is 2.83. The molecule has 1 saturated heterocycles. The van der Waals surface area contributed by atoms with Gasteiger partial charge in [0.1, 0.15) is 6.54 Å². The first-order valence-electron chi connectivity index (χ1n) is 7.38. The molecule has 0 bridgehead atoms. The summed E-state index contributed by atoms with van der Waals surface area (Å²) in [4.78, 5) is 36.3. The average molecular weight is 308 g/mol. The smallest absolute Gasteiger partial charge is 0.285 e. The lowest BCUT2D eigenvalue weighted by Crippen LogP contribution is -2.44. The standard InChI is InChI=1S/C14H20N4O4/c1-2-7-17(11-5-6-15-8-11)14(20)10-16-9-12(18(21)22)3-4-13(16)19/h3-4,9,11,15H,2,5-8,10H2,1H3. The molecule has 2 heterocycles. The highest BCUT2D eigenvalue weighted by atomic mass is 16.6. The van der Waals surface area contributed by atoms with Crippen molar-refractivity contribution in [1.82, 2.24) is 14.8 Å². The summed E-state index contributed by atoms with van der Waals surface area (Å²) in [5.41, 5.74) is -0.614. The first-order valence-corrected chi connectivity index (χ1v) is 7.38. The first-order chi connectivity index (χ1) is 10.5. The maximum Gasteiger partial charge on any atom is 0.285 e.